The topological polar surface area (TPSA) is 46.2 Å². The van der Waals surface area contributed by atoms with E-state index in [4.69, 9.17) is 23.2 Å². The molecular weight excluding hydrogens is 225 g/mol. The second-order valence-electron chi connectivity index (χ2n) is 3.00. The lowest BCUT2D eigenvalue weighted by atomic mass is 10.1. The maximum atomic E-state index is 11.3. The van der Waals surface area contributed by atoms with Gasteiger partial charge in [-0.05, 0) is 18.6 Å². The summed E-state index contributed by atoms with van der Waals surface area (Å²) in [5, 5.41) is 3.12. The standard InChI is InChI=1S/C9H5Cl2NO2/c1-3-5(10)2-4-7(6(3)11)12-9(14)8(4)13/h2H,1H3,(H,12,13,14). The van der Waals surface area contributed by atoms with E-state index in [9.17, 15) is 9.59 Å². The molecule has 1 amide bonds. The van der Waals surface area contributed by atoms with E-state index in [-0.39, 0.29) is 5.56 Å². The average molecular weight is 230 g/mol. The molecule has 14 heavy (non-hydrogen) atoms. The highest BCUT2D eigenvalue weighted by molar-refractivity contribution is 6.54. The molecule has 5 heteroatoms. The molecule has 72 valence electrons. The molecule has 1 aromatic carbocycles. The molecule has 0 saturated heterocycles. The van der Waals surface area contributed by atoms with E-state index >= 15 is 0 Å². The second kappa shape index (κ2) is 2.97. The number of rotatable bonds is 0. The first-order chi connectivity index (χ1) is 6.52. The summed E-state index contributed by atoms with van der Waals surface area (Å²) in [7, 11) is 0. The summed E-state index contributed by atoms with van der Waals surface area (Å²) in [4.78, 5) is 22.3. The number of Topliss-reactive ketones (excluding diaryl/α,β-unsaturated/α-hetero) is 1. The first-order valence-electron chi connectivity index (χ1n) is 3.86. The van der Waals surface area contributed by atoms with Crippen molar-refractivity contribution in [3.63, 3.8) is 0 Å². The maximum absolute atomic E-state index is 11.3. The first kappa shape index (κ1) is 9.49. The zero-order chi connectivity index (χ0) is 10.5. The summed E-state index contributed by atoms with van der Waals surface area (Å²) in [5.41, 5.74) is 1.27. The molecule has 1 aliphatic rings. The molecule has 0 atom stereocenters. The molecular formula is C9H5Cl2NO2. The quantitative estimate of drug-likeness (QED) is 0.695. The molecule has 0 aromatic heterocycles. The molecule has 2 rings (SSSR count). The fourth-order valence-corrected chi connectivity index (χ4v) is 1.81. The number of nitrogens with one attached hydrogen (secondary N) is 1. The number of ketones is 1. The molecule has 0 aliphatic carbocycles. The van der Waals surface area contributed by atoms with Crippen molar-refractivity contribution in [2.24, 2.45) is 0 Å². The summed E-state index contributed by atoms with van der Waals surface area (Å²) in [6.07, 6.45) is 0. The lowest BCUT2D eigenvalue weighted by Crippen LogP contribution is -2.12. The van der Waals surface area contributed by atoms with Gasteiger partial charge in [-0.3, -0.25) is 9.59 Å². The molecule has 0 unspecified atom stereocenters. The highest BCUT2D eigenvalue weighted by Crippen LogP contribution is 2.37. The van der Waals surface area contributed by atoms with E-state index in [2.05, 4.69) is 5.32 Å². The lowest BCUT2D eigenvalue weighted by Gasteiger charge is -2.05. The number of fused-ring (bicyclic) bond motifs is 1. The van der Waals surface area contributed by atoms with Crippen LogP contribution in [0.3, 0.4) is 0 Å². The van der Waals surface area contributed by atoms with Gasteiger partial charge in [0.05, 0.1) is 16.3 Å². The Bertz CT molecular complexity index is 468. The van der Waals surface area contributed by atoms with Crippen LogP contribution in [0.2, 0.25) is 10.0 Å². The monoisotopic (exact) mass is 229 g/mol. The minimum Gasteiger partial charge on any atom is -0.317 e. The van der Waals surface area contributed by atoms with Crippen LogP contribution in [0.4, 0.5) is 5.69 Å². The fraction of sp³-hybridized carbons (Fsp3) is 0.111. The Morgan fingerprint density at radius 2 is 1.93 bits per heavy atom. The Morgan fingerprint density at radius 3 is 2.57 bits per heavy atom. The largest absolute Gasteiger partial charge is 0.317 e. The highest BCUT2D eigenvalue weighted by Gasteiger charge is 2.31. The molecule has 0 fully saturated rings. The van der Waals surface area contributed by atoms with Crippen molar-refractivity contribution in [2.45, 2.75) is 6.92 Å². The maximum Gasteiger partial charge on any atom is 0.296 e. The average Bonchev–Trinajstić information content (AvgIpc) is 2.42. The van der Waals surface area contributed by atoms with Crippen LogP contribution in [0.5, 0.6) is 0 Å². The summed E-state index contributed by atoms with van der Waals surface area (Å²) in [5.74, 6) is -1.26. The highest BCUT2D eigenvalue weighted by atomic mass is 35.5. The molecule has 0 bridgehead atoms. The number of benzene rings is 1. The van der Waals surface area contributed by atoms with Crippen molar-refractivity contribution in [3.8, 4) is 0 Å². The predicted octanol–water partition coefficient (Wildman–Crippen LogP) is 2.44. The van der Waals surface area contributed by atoms with E-state index in [0.717, 1.165) is 0 Å². The van der Waals surface area contributed by atoms with Gasteiger partial charge in [0, 0.05) is 5.02 Å². The zero-order valence-corrected chi connectivity index (χ0v) is 8.66. The third kappa shape index (κ3) is 1.13. The molecule has 1 aliphatic heterocycles. The third-order valence-electron chi connectivity index (χ3n) is 2.14. The number of hydrogen-bond acceptors (Lipinski definition) is 2. The molecule has 1 aromatic rings. The molecule has 1 heterocycles. The summed E-state index contributed by atoms with van der Waals surface area (Å²) < 4.78 is 0. The van der Waals surface area contributed by atoms with Crippen LogP contribution in [0.15, 0.2) is 6.07 Å². The van der Waals surface area contributed by atoms with Crippen LogP contribution in [0.25, 0.3) is 0 Å². The lowest BCUT2D eigenvalue weighted by molar-refractivity contribution is -0.112. The Kier molecular flexibility index (Phi) is 2.01. The third-order valence-corrected chi connectivity index (χ3v) is 3.00. The minimum absolute atomic E-state index is 0.246. The summed E-state index contributed by atoms with van der Waals surface area (Å²) in [6, 6.07) is 1.46. The van der Waals surface area contributed by atoms with Gasteiger partial charge >= 0.3 is 0 Å². The van der Waals surface area contributed by atoms with Gasteiger partial charge in [0.25, 0.3) is 11.7 Å². The number of carbonyl (C=O) groups excluding carboxylic acids is 2. The number of halogens is 2. The van der Waals surface area contributed by atoms with Crippen molar-refractivity contribution in [1.82, 2.24) is 0 Å². The van der Waals surface area contributed by atoms with Crippen molar-refractivity contribution in [2.75, 3.05) is 5.32 Å². The molecule has 3 nitrogen and oxygen atoms in total. The summed E-state index contributed by atoms with van der Waals surface area (Å²) in [6.45, 7) is 1.72. The van der Waals surface area contributed by atoms with E-state index in [0.29, 0.717) is 21.3 Å². The van der Waals surface area contributed by atoms with Gasteiger partial charge in [-0.1, -0.05) is 23.2 Å². The van der Waals surface area contributed by atoms with Crippen molar-refractivity contribution < 1.29 is 9.59 Å². The number of amides is 1. The Hall–Kier alpha value is -1.06. The van der Waals surface area contributed by atoms with Gasteiger partial charge in [-0.15, -0.1) is 0 Å². The molecule has 0 saturated carbocycles. The van der Waals surface area contributed by atoms with Crippen molar-refractivity contribution in [1.29, 1.82) is 0 Å². The minimum atomic E-state index is -0.663. The van der Waals surface area contributed by atoms with E-state index in [1.165, 1.54) is 6.07 Å². The molecule has 0 spiro atoms. The Labute approximate surface area is 90.0 Å². The number of anilines is 1. The Morgan fingerprint density at radius 1 is 1.29 bits per heavy atom. The SMILES string of the molecule is Cc1c(Cl)cc2c(c1Cl)NC(=O)C2=O. The summed E-state index contributed by atoms with van der Waals surface area (Å²) >= 11 is 11.8. The van der Waals surface area contributed by atoms with Crippen molar-refractivity contribution >= 4 is 40.6 Å². The van der Waals surface area contributed by atoms with E-state index in [1.54, 1.807) is 6.92 Å². The van der Waals surface area contributed by atoms with E-state index < -0.39 is 11.7 Å². The van der Waals surface area contributed by atoms with Crippen LogP contribution in [0.1, 0.15) is 15.9 Å². The predicted molar refractivity (Wildman–Crippen MR) is 54.2 cm³/mol. The van der Waals surface area contributed by atoms with Crippen LogP contribution in [-0.2, 0) is 4.79 Å². The fourth-order valence-electron chi connectivity index (χ4n) is 1.31. The first-order valence-corrected chi connectivity index (χ1v) is 4.62. The van der Waals surface area contributed by atoms with Gasteiger partial charge in [0.15, 0.2) is 0 Å². The van der Waals surface area contributed by atoms with Gasteiger partial charge in [0.2, 0.25) is 0 Å². The Balaban J connectivity index is 2.76. The van der Waals surface area contributed by atoms with Gasteiger partial charge in [-0.25, -0.2) is 0 Å². The number of hydrogen-bond donors (Lipinski definition) is 1. The molecule has 1 N–H and O–H groups in total. The van der Waals surface area contributed by atoms with Crippen LogP contribution in [0, 0.1) is 6.92 Å². The van der Waals surface area contributed by atoms with Crippen molar-refractivity contribution in [3.05, 3.63) is 27.2 Å². The van der Waals surface area contributed by atoms with Crippen LogP contribution in [-0.4, -0.2) is 11.7 Å². The smallest absolute Gasteiger partial charge is 0.296 e. The van der Waals surface area contributed by atoms with Crippen LogP contribution < -0.4 is 5.32 Å². The number of carbonyl (C=O) groups is 2. The second-order valence-corrected chi connectivity index (χ2v) is 3.79. The van der Waals surface area contributed by atoms with Gasteiger partial charge in [0.1, 0.15) is 0 Å². The molecule has 0 radical (unpaired) electrons. The van der Waals surface area contributed by atoms with Gasteiger partial charge in [-0.2, -0.15) is 0 Å². The van der Waals surface area contributed by atoms with Gasteiger partial charge < -0.3 is 5.32 Å². The normalized spacial score (nSPS) is 14.2. The van der Waals surface area contributed by atoms with E-state index in [1.807, 2.05) is 0 Å². The zero-order valence-electron chi connectivity index (χ0n) is 7.15. The van der Waals surface area contributed by atoms with Crippen LogP contribution >= 0.6 is 23.2 Å².